The van der Waals surface area contributed by atoms with Gasteiger partial charge in [0.1, 0.15) is 5.82 Å². The maximum Gasteiger partial charge on any atom is 0.340 e. The van der Waals surface area contributed by atoms with E-state index in [0.29, 0.717) is 22.6 Å². The molecule has 0 unspecified atom stereocenters. The van der Waals surface area contributed by atoms with Crippen LogP contribution < -0.4 is 0 Å². The first-order valence-electron chi connectivity index (χ1n) is 10.2. The zero-order valence-corrected chi connectivity index (χ0v) is 17.8. The molecule has 3 aromatic heterocycles. The molecule has 0 aliphatic rings. The Hall–Kier alpha value is -3.74. The summed E-state index contributed by atoms with van der Waals surface area (Å²) in [7, 11) is 0. The summed E-state index contributed by atoms with van der Waals surface area (Å²) in [6, 6.07) is 15.4. The molecule has 158 valence electrons. The highest BCUT2D eigenvalue weighted by atomic mass is 16.5. The van der Waals surface area contributed by atoms with E-state index in [1.807, 2.05) is 38.1 Å². The zero-order chi connectivity index (χ0) is 22.0. The molecule has 7 nitrogen and oxygen atoms in total. The average molecular weight is 416 g/mol. The molecule has 4 rings (SSSR count). The van der Waals surface area contributed by atoms with Crippen molar-refractivity contribution < 1.29 is 14.3 Å². The van der Waals surface area contributed by atoms with Gasteiger partial charge in [-0.1, -0.05) is 30.3 Å². The van der Waals surface area contributed by atoms with Crippen LogP contribution in [0.3, 0.4) is 0 Å². The number of fused-ring (bicyclic) bond motifs is 1. The van der Waals surface area contributed by atoms with E-state index in [2.05, 4.69) is 26.9 Å². The molecule has 0 N–H and O–H groups in total. The van der Waals surface area contributed by atoms with Crippen molar-refractivity contribution in [2.24, 2.45) is 0 Å². The molecule has 0 saturated carbocycles. The second kappa shape index (κ2) is 8.55. The third kappa shape index (κ3) is 4.26. The number of ketones is 1. The molecule has 0 bridgehead atoms. The number of ether oxygens (including phenoxy) is 1. The van der Waals surface area contributed by atoms with E-state index >= 15 is 0 Å². The SMILES string of the molecule is Cc1cc(C(=O)COC(=O)c2ccc3nnc(C)n3c2)c(C)n1CCc1ccccc1. The summed E-state index contributed by atoms with van der Waals surface area (Å²) in [4.78, 5) is 25.2. The Morgan fingerprint density at radius 3 is 2.55 bits per heavy atom. The van der Waals surface area contributed by atoms with Crippen molar-refractivity contribution in [2.75, 3.05) is 6.61 Å². The van der Waals surface area contributed by atoms with Crippen LogP contribution in [-0.2, 0) is 17.7 Å². The zero-order valence-electron chi connectivity index (χ0n) is 17.8. The molecule has 0 amide bonds. The third-order valence-electron chi connectivity index (χ3n) is 5.48. The first-order chi connectivity index (χ1) is 14.9. The molecule has 7 heteroatoms. The number of aryl methyl sites for hydroxylation is 3. The molecule has 0 saturated heterocycles. The van der Waals surface area contributed by atoms with Crippen LogP contribution in [0, 0.1) is 20.8 Å². The van der Waals surface area contributed by atoms with Gasteiger partial charge in [-0.15, -0.1) is 10.2 Å². The molecular formula is C24H24N4O3. The largest absolute Gasteiger partial charge is 0.454 e. The first-order valence-corrected chi connectivity index (χ1v) is 10.2. The lowest BCUT2D eigenvalue weighted by Gasteiger charge is -2.10. The molecule has 0 aliphatic heterocycles. The lowest BCUT2D eigenvalue weighted by atomic mass is 10.1. The van der Waals surface area contributed by atoms with Crippen LogP contribution in [0.5, 0.6) is 0 Å². The Morgan fingerprint density at radius 2 is 1.77 bits per heavy atom. The third-order valence-corrected chi connectivity index (χ3v) is 5.48. The van der Waals surface area contributed by atoms with E-state index in [1.165, 1.54) is 5.56 Å². The second-order valence-electron chi connectivity index (χ2n) is 7.56. The van der Waals surface area contributed by atoms with E-state index in [4.69, 9.17) is 4.74 Å². The summed E-state index contributed by atoms with van der Waals surface area (Å²) in [6.45, 7) is 6.19. The monoisotopic (exact) mass is 416 g/mol. The van der Waals surface area contributed by atoms with Gasteiger partial charge in [0.15, 0.2) is 12.3 Å². The molecule has 0 aliphatic carbocycles. The number of hydrogen-bond donors (Lipinski definition) is 0. The fourth-order valence-corrected chi connectivity index (χ4v) is 3.73. The topological polar surface area (TPSA) is 78.5 Å². The van der Waals surface area contributed by atoms with Gasteiger partial charge in [-0.05, 0) is 51.0 Å². The van der Waals surface area contributed by atoms with Gasteiger partial charge >= 0.3 is 5.97 Å². The minimum Gasteiger partial charge on any atom is -0.454 e. The number of nitrogens with zero attached hydrogens (tertiary/aromatic N) is 4. The summed E-state index contributed by atoms with van der Waals surface area (Å²) in [5, 5.41) is 7.96. The highest BCUT2D eigenvalue weighted by Crippen LogP contribution is 2.17. The predicted octanol–water partition coefficient (Wildman–Crippen LogP) is 3.74. The number of carbonyl (C=O) groups excluding carboxylic acids is 2. The van der Waals surface area contributed by atoms with Gasteiger partial charge in [0.05, 0.1) is 5.56 Å². The molecule has 1 aromatic carbocycles. The number of Topliss-reactive ketones (excluding diaryl/α,β-unsaturated/α-hetero) is 1. The smallest absolute Gasteiger partial charge is 0.340 e. The lowest BCUT2D eigenvalue weighted by Crippen LogP contribution is -2.15. The molecule has 31 heavy (non-hydrogen) atoms. The van der Waals surface area contributed by atoms with Crippen LogP contribution in [0.2, 0.25) is 0 Å². The molecule has 0 radical (unpaired) electrons. The minimum atomic E-state index is -0.554. The van der Waals surface area contributed by atoms with Crippen molar-refractivity contribution in [3.05, 3.63) is 88.6 Å². The van der Waals surface area contributed by atoms with E-state index in [9.17, 15) is 9.59 Å². The van der Waals surface area contributed by atoms with Crippen LogP contribution in [0.15, 0.2) is 54.7 Å². The fraction of sp³-hybridized carbons (Fsp3) is 0.250. The van der Waals surface area contributed by atoms with Crippen LogP contribution in [-0.4, -0.2) is 37.5 Å². The molecule has 0 fully saturated rings. The summed E-state index contributed by atoms with van der Waals surface area (Å²) in [5.74, 6) is -0.0983. The van der Waals surface area contributed by atoms with Crippen molar-refractivity contribution >= 4 is 17.4 Å². The molecular weight excluding hydrogens is 392 g/mol. The maximum atomic E-state index is 12.8. The summed E-state index contributed by atoms with van der Waals surface area (Å²) in [6.07, 6.45) is 2.50. The quantitative estimate of drug-likeness (QED) is 0.339. The predicted molar refractivity (Wildman–Crippen MR) is 116 cm³/mol. The molecule has 3 heterocycles. The van der Waals surface area contributed by atoms with Gasteiger partial charge in [-0.2, -0.15) is 0 Å². The first kappa shape index (κ1) is 20.5. The van der Waals surface area contributed by atoms with Crippen LogP contribution in [0.25, 0.3) is 5.65 Å². The highest BCUT2D eigenvalue weighted by Gasteiger charge is 2.18. The van der Waals surface area contributed by atoms with Crippen LogP contribution in [0.1, 0.15) is 43.5 Å². The number of hydrogen-bond acceptors (Lipinski definition) is 5. The van der Waals surface area contributed by atoms with Gasteiger partial charge in [0, 0.05) is 29.7 Å². The Morgan fingerprint density at radius 1 is 1.00 bits per heavy atom. The van der Waals surface area contributed by atoms with Crippen molar-refractivity contribution in [3.63, 3.8) is 0 Å². The fourth-order valence-electron chi connectivity index (χ4n) is 3.73. The summed E-state index contributed by atoms with van der Waals surface area (Å²) in [5.41, 5.74) is 4.72. The number of esters is 1. The van der Waals surface area contributed by atoms with Crippen molar-refractivity contribution in [3.8, 4) is 0 Å². The minimum absolute atomic E-state index is 0.214. The number of rotatable bonds is 7. The number of benzene rings is 1. The van der Waals surface area contributed by atoms with Gasteiger partial charge < -0.3 is 9.30 Å². The normalized spacial score (nSPS) is 11.1. The Bertz CT molecular complexity index is 1250. The van der Waals surface area contributed by atoms with E-state index < -0.39 is 5.97 Å². The number of aromatic nitrogens is 4. The Balaban J connectivity index is 1.42. The standard InChI is InChI=1S/C24H24N4O3/c1-16-13-21(17(2)27(16)12-11-19-7-5-4-6-8-19)22(29)15-31-24(30)20-9-10-23-26-25-18(3)28(23)14-20/h4-10,13-14H,11-12,15H2,1-3H3. The van der Waals surface area contributed by atoms with E-state index in [1.54, 1.807) is 29.7 Å². The molecule has 4 aromatic rings. The van der Waals surface area contributed by atoms with Crippen molar-refractivity contribution in [2.45, 2.75) is 33.7 Å². The molecule has 0 atom stereocenters. The Labute approximate surface area is 180 Å². The van der Waals surface area contributed by atoms with Crippen molar-refractivity contribution in [1.29, 1.82) is 0 Å². The average Bonchev–Trinajstić information content (AvgIpc) is 3.29. The van der Waals surface area contributed by atoms with Crippen molar-refractivity contribution in [1.82, 2.24) is 19.2 Å². The second-order valence-corrected chi connectivity index (χ2v) is 7.56. The van der Waals surface area contributed by atoms with Gasteiger partial charge in [0.2, 0.25) is 5.78 Å². The van der Waals surface area contributed by atoms with Gasteiger partial charge in [-0.25, -0.2) is 4.79 Å². The number of pyridine rings is 1. The maximum absolute atomic E-state index is 12.8. The summed E-state index contributed by atoms with van der Waals surface area (Å²) < 4.78 is 9.13. The van der Waals surface area contributed by atoms with Gasteiger partial charge in [-0.3, -0.25) is 9.20 Å². The van der Waals surface area contributed by atoms with Crippen LogP contribution in [0.4, 0.5) is 0 Å². The lowest BCUT2D eigenvalue weighted by molar-refractivity contribution is 0.0474. The van der Waals surface area contributed by atoms with E-state index in [-0.39, 0.29) is 12.4 Å². The highest BCUT2D eigenvalue weighted by molar-refractivity contribution is 6.00. The summed E-state index contributed by atoms with van der Waals surface area (Å²) >= 11 is 0. The molecule has 0 spiro atoms. The van der Waals surface area contributed by atoms with Gasteiger partial charge in [0.25, 0.3) is 0 Å². The number of carbonyl (C=O) groups is 2. The van der Waals surface area contributed by atoms with E-state index in [0.717, 1.165) is 24.4 Å². The Kier molecular flexibility index (Phi) is 5.66. The van der Waals surface area contributed by atoms with Crippen LogP contribution >= 0.6 is 0 Å².